The Morgan fingerprint density at radius 1 is 1.36 bits per heavy atom. The lowest BCUT2D eigenvalue weighted by atomic mass is 10.2. The van der Waals surface area contributed by atoms with Crippen molar-refractivity contribution >= 4 is 39.1 Å². The fourth-order valence-corrected chi connectivity index (χ4v) is 4.53. The van der Waals surface area contributed by atoms with E-state index < -0.39 is 27.7 Å². The lowest BCUT2D eigenvalue weighted by Gasteiger charge is -2.22. The van der Waals surface area contributed by atoms with Gasteiger partial charge in [0, 0.05) is 23.7 Å². The van der Waals surface area contributed by atoms with E-state index in [1.807, 2.05) is 12.3 Å². The third-order valence-corrected chi connectivity index (χ3v) is 6.07. The summed E-state index contributed by atoms with van der Waals surface area (Å²) in [5.41, 5.74) is 0.539. The first-order valence-electron chi connectivity index (χ1n) is 6.75. The fourth-order valence-electron chi connectivity index (χ4n) is 2.29. The Kier molecular flexibility index (Phi) is 5.12. The highest BCUT2D eigenvalue weighted by Crippen LogP contribution is 2.20. The summed E-state index contributed by atoms with van der Waals surface area (Å²) < 4.78 is 22.9. The smallest absolute Gasteiger partial charge is 0.313 e. The van der Waals surface area contributed by atoms with Gasteiger partial charge in [0.2, 0.25) is 0 Å². The monoisotopic (exact) mass is 342 g/mol. The van der Waals surface area contributed by atoms with Crippen LogP contribution < -0.4 is 5.32 Å². The van der Waals surface area contributed by atoms with Gasteiger partial charge in [0.25, 0.3) is 0 Å². The predicted molar refractivity (Wildman–Crippen MR) is 86.7 cm³/mol. The van der Waals surface area contributed by atoms with Gasteiger partial charge < -0.3 is 10.2 Å². The summed E-state index contributed by atoms with van der Waals surface area (Å²) in [5, 5.41) is 2.55. The highest BCUT2D eigenvalue weighted by Gasteiger charge is 2.34. The van der Waals surface area contributed by atoms with Crippen molar-refractivity contribution in [3.63, 3.8) is 0 Å². The molecular weight excluding hydrogens is 324 g/mol. The molecule has 1 unspecified atom stereocenters. The maximum atomic E-state index is 12.1. The van der Waals surface area contributed by atoms with Crippen molar-refractivity contribution in [3.8, 4) is 0 Å². The molecule has 1 aliphatic heterocycles. The van der Waals surface area contributed by atoms with Crippen LogP contribution in [0.4, 0.5) is 5.69 Å². The summed E-state index contributed by atoms with van der Waals surface area (Å²) >= 11 is 1.53. The topological polar surface area (TPSA) is 83.6 Å². The maximum absolute atomic E-state index is 12.1. The molecule has 2 amide bonds. The minimum Gasteiger partial charge on any atom is -0.333 e. The van der Waals surface area contributed by atoms with Gasteiger partial charge >= 0.3 is 11.8 Å². The molecule has 0 spiro atoms. The quantitative estimate of drug-likeness (QED) is 0.654. The number of thioether (sulfide) groups is 1. The van der Waals surface area contributed by atoms with Gasteiger partial charge in [-0.05, 0) is 30.9 Å². The van der Waals surface area contributed by atoms with Crippen molar-refractivity contribution < 1.29 is 18.0 Å². The van der Waals surface area contributed by atoms with E-state index >= 15 is 0 Å². The van der Waals surface area contributed by atoms with Crippen LogP contribution in [0.5, 0.6) is 0 Å². The number of carbonyl (C=O) groups excluding carboxylic acids is 2. The molecule has 8 heteroatoms. The maximum Gasteiger partial charge on any atom is 0.313 e. The standard InChI is InChI=1S/C14H18N2O4S2/c1-16(11-6-7-22(19,20)9-11)14(18)13(17)15-10-4-3-5-12(8-10)21-2/h3-5,8,11H,6-7,9H2,1-2H3,(H,15,17). The number of carbonyl (C=O) groups is 2. The number of rotatable bonds is 3. The Bertz CT molecular complexity index is 688. The highest BCUT2D eigenvalue weighted by atomic mass is 32.2. The Hall–Kier alpha value is -1.54. The SMILES string of the molecule is CSc1cccc(NC(=O)C(=O)N(C)C2CCS(=O)(=O)C2)c1. The van der Waals surface area contributed by atoms with Crippen molar-refractivity contribution in [2.45, 2.75) is 17.4 Å². The van der Waals surface area contributed by atoms with Crippen LogP contribution in [-0.4, -0.2) is 56.0 Å². The average Bonchev–Trinajstić information content (AvgIpc) is 2.86. The number of anilines is 1. The molecule has 1 fully saturated rings. The molecule has 0 radical (unpaired) electrons. The van der Waals surface area contributed by atoms with Crippen molar-refractivity contribution in [1.82, 2.24) is 4.90 Å². The number of sulfone groups is 1. The lowest BCUT2D eigenvalue weighted by molar-refractivity contribution is -0.143. The highest BCUT2D eigenvalue weighted by molar-refractivity contribution is 7.98. The van der Waals surface area contributed by atoms with Gasteiger partial charge in [0.05, 0.1) is 11.5 Å². The zero-order valence-electron chi connectivity index (χ0n) is 12.4. The number of amides is 2. The van der Waals surface area contributed by atoms with Gasteiger partial charge in [-0.3, -0.25) is 9.59 Å². The molecule has 1 aliphatic rings. The van der Waals surface area contributed by atoms with Crippen LogP contribution in [0.3, 0.4) is 0 Å². The van der Waals surface area contributed by atoms with Crippen LogP contribution in [0.15, 0.2) is 29.2 Å². The van der Waals surface area contributed by atoms with Gasteiger partial charge in [-0.1, -0.05) is 6.07 Å². The Labute approximate surface area is 134 Å². The molecule has 0 aliphatic carbocycles. The fraction of sp³-hybridized carbons (Fsp3) is 0.429. The first kappa shape index (κ1) is 16.8. The molecule has 0 saturated carbocycles. The number of likely N-dealkylation sites (N-methyl/N-ethyl adjacent to an activating group) is 1. The zero-order valence-corrected chi connectivity index (χ0v) is 14.0. The molecule has 6 nitrogen and oxygen atoms in total. The molecule has 1 saturated heterocycles. The molecule has 1 heterocycles. The van der Waals surface area contributed by atoms with E-state index in [4.69, 9.17) is 0 Å². The second-order valence-electron chi connectivity index (χ2n) is 5.16. The van der Waals surface area contributed by atoms with Gasteiger partial charge in [-0.25, -0.2) is 8.42 Å². The number of hydrogen-bond donors (Lipinski definition) is 1. The predicted octanol–water partition coefficient (Wildman–Crippen LogP) is 0.993. The van der Waals surface area contributed by atoms with Gasteiger partial charge in [-0.2, -0.15) is 0 Å². The van der Waals surface area contributed by atoms with Crippen LogP contribution in [0.25, 0.3) is 0 Å². The molecule has 0 bridgehead atoms. The second-order valence-corrected chi connectivity index (χ2v) is 8.27. The second kappa shape index (κ2) is 6.70. The average molecular weight is 342 g/mol. The van der Waals surface area contributed by atoms with E-state index in [1.165, 1.54) is 23.7 Å². The Morgan fingerprint density at radius 2 is 2.09 bits per heavy atom. The van der Waals surface area contributed by atoms with Crippen LogP contribution in [-0.2, 0) is 19.4 Å². The summed E-state index contributed by atoms with van der Waals surface area (Å²) in [6.07, 6.45) is 2.29. The summed E-state index contributed by atoms with van der Waals surface area (Å²) in [4.78, 5) is 26.3. The van der Waals surface area contributed by atoms with E-state index in [1.54, 1.807) is 18.2 Å². The normalized spacial score (nSPS) is 19.6. The first-order valence-corrected chi connectivity index (χ1v) is 9.79. The summed E-state index contributed by atoms with van der Waals surface area (Å²) in [5.74, 6) is -1.50. The molecular formula is C14H18N2O4S2. The summed E-state index contributed by atoms with van der Waals surface area (Å²) in [6, 6.07) is 6.73. The minimum atomic E-state index is -3.10. The third kappa shape index (κ3) is 4.01. The van der Waals surface area contributed by atoms with Crippen LogP contribution in [0, 0.1) is 0 Å². The van der Waals surface area contributed by atoms with Gasteiger partial charge in [-0.15, -0.1) is 11.8 Å². The molecule has 1 aromatic rings. The molecule has 120 valence electrons. The Morgan fingerprint density at radius 3 is 2.68 bits per heavy atom. The van der Waals surface area contributed by atoms with Crippen molar-refractivity contribution in [1.29, 1.82) is 0 Å². The Balaban J connectivity index is 2.01. The van der Waals surface area contributed by atoms with Crippen molar-refractivity contribution in [2.24, 2.45) is 0 Å². The van der Waals surface area contributed by atoms with E-state index in [0.717, 1.165) is 4.90 Å². The lowest BCUT2D eigenvalue weighted by Crippen LogP contribution is -2.43. The van der Waals surface area contributed by atoms with E-state index in [0.29, 0.717) is 12.1 Å². The largest absolute Gasteiger partial charge is 0.333 e. The number of benzene rings is 1. The van der Waals surface area contributed by atoms with E-state index in [-0.39, 0.29) is 11.5 Å². The molecule has 0 aromatic heterocycles. The van der Waals surface area contributed by atoms with Crippen LogP contribution in [0.2, 0.25) is 0 Å². The van der Waals surface area contributed by atoms with Gasteiger partial charge in [0.15, 0.2) is 9.84 Å². The molecule has 1 aromatic carbocycles. The third-order valence-electron chi connectivity index (χ3n) is 3.60. The molecule has 2 rings (SSSR count). The van der Waals surface area contributed by atoms with Crippen LogP contribution in [0.1, 0.15) is 6.42 Å². The molecule has 22 heavy (non-hydrogen) atoms. The first-order chi connectivity index (χ1) is 10.3. The van der Waals surface area contributed by atoms with E-state index in [9.17, 15) is 18.0 Å². The van der Waals surface area contributed by atoms with Gasteiger partial charge in [0.1, 0.15) is 0 Å². The van der Waals surface area contributed by atoms with Crippen LogP contribution >= 0.6 is 11.8 Å². The number of hydrogen-bond acceptors (Lipinski definition) is 5. The van der Waals surface area contributed by atoms with E-state index in [2.05, 4.69) is 5.32 Å². The summed E-state index contributed by atoms with van der Waals surface area (Å²) in [6.45, 7) is 0. The van der Waals surface area contributed by atoms with Crippen molar-refractivity contribution in [3.05, 3.63) is 24.3 Å². The number of nitrogens with zero attached hydrogens (tertiary/aromatic N) is 1. The summed E-state index contributed by atoms with van der Waals surface area (Å²) in [7, 11) is -1.63. The molecule has 1 atom stereocenters. The number of nitrogens with one attached hydrogen (secondary N) is 1. The minimum absolute atomic E-state index is 0.0622. The zero-order chi connectivity index (χ0) is 16.3. The molecule has 1 N–H and O–H groups in total. The van der Waals surface area contributed by atoms with Crippen molar-refractivity contribution in [2.75, 3.05) is 30.1 Å².